The van der Waals surface area contributed by atoms with Crippen LogP contribution in [-0.4, -0.2) is 0 Å². The van der Waals surface area contributed by atoms with Crippen LogP contribution in [-0.2, 0) is 0 Å². The maximum Gasteiger partial charge on any atom is 0.144 e. The standard InChI is InChI=1S/C13H8BrClFN3/c14-8-3-7(6-17)1-2-12(8)19-13-5-10(16)9(15)4-11(13)18/h1-5,19H,18H2. The quantitative estimate of drug-likeness (QED) is 0.795. The Morgan fingerprint density at radius 3 is 2.63 bits per heavy atom. The summed E-state index contributed by atoms with van der Waals surface area (Å²) in [6, 6.07) is 9.60. The largest absolute Gasteiger partial charge is 0.397 e. The Morgan fingerprint density at radius 2 is 2.00 bits per heavy atom. The van der Waals surface area contributed by atoms with E-state index in [9.17, 15) is 4.39 Å². The van der Waals surface area contributed by atoms with Crippen molar-refractivity contribution >= 4 is 44.6 Å². The zero-order valence-corrected chi connectivity index (χ0v) is 11.9. The Hall–Kier alpha value is -1.77. The molecule has 0 aliphatic rings. The minimum absolute atomic E-state index is 0.0260. The highest BCUT2D eigenvalue weighted by Crippen LogP contribution is 2.32. The van der Waals surface area contributed by atoms with E-state index in [-0.39, 0.29) is 5.02 Å². The summed E-state index contributed by atoms with van der Waals surface area (Å²) in [4.78, 5) is 0. The maximum absolute atomic E-state index is 13.4. The van der Waals surface area contributed by atoms with Crippen molar-refractivity contribution in [2.24, 2.45) is 0 Å². The molecule has 6 heteroatoms. The third kappa shape index (κ3) is 2.98. The van der Waals surface area contributed by atoms with E-state index in [4.69, 9.17) is 22.6 Å². The van der Waals surface area contributed by atoms with E-state index < -0.39 is 5.82 Å². The van der Waals surface area contributed by atoms with Gasteiger partial charge in [0, 0.05) is 10.5 Å². The Morgan fingerprint density at radius 1 is 1.26 bits per heavy atom. The van der Waals surface area contributed by atoms with Gasteiger partial charge in [-0.3, -0.25) is 0 Å². The van der Waals surface area contributed by atoms with Crippen molar-refractivity contribution in [2.75, 3.05) is 11.1 Å². The Labute approximate surface area is 122 Å². The molecule has 19 heavy (non-hydrogen) atoms. The van der Waals surface area contributed by atoms with E-state index in [1.54, 1.807) is 18.2 Å². The summed E-state index contributed by atoms with van der Waals surface area (Å²) in [5.74, 6) is -0.553. The molecule has 3 N–H and O–H groups in total. The van der Waals surface area contributed by atoms with E-state index in [0.29, 0.717) is 27.1 Å². The number of nitriles is 1. The first kappa shape index (κ1) is 13.7. The van der Waals surface area contributed by atoms with E-state index in [1.807, 2.05) is 6.07 Å². The van der Waals surface area contributed by atoms with Crippen LogP contribution in [0.3, 0.4) is 0 Å². The molecule has 0 aromatic heterocycles. The number of hydrogen-bond acceptors (Lipinski definition) is 3. The molecular formula is C13H8BrClFN3. The lowest BCUT2D eigenvalue weighted by Crippen LogP contribution is -1.98. The molecule has 3 nitrogen and oxygen atoms in total. The van der Waals surface area contributed by atoms with Gasteiger partial charge < -0.3 is 11.1 Å². The molecule has 2 aromatic carbocycles. The Balaban J connectivity index is 2.37. The fourth-order valence-electron chi connectivity index (χ4n) is 1.50. The molecule has 0 spiro atoms. The van der Waals surface area contributed by atoms with E-state index >= 15 is 0 Å². The second-order valence-corrected chi connectivity index (χ2v) is 5.05. The first-order chi connectivity index (χ1) is 9.01. The van der Waals surface area contributed by atoms with Gasteiger partial charge in [0.05, 0.1) is 33.7 Å². The molecule has 0 fully saturated rings. The molecule has 2 aromatic rings. The van der Waals surface area contributed by atoms with Gasteiger partial charge in [0.2, 0.25) is 0 Å². The zero-order chi connectivity index (χ0) is 14.0. The smallest absolute Gasteiger partial charge is 0.144 e. The van der Waals surface area contributed by atoms with Gasteiger partial charge in [0.1, 0.15) is 5.82 Å². The summed E-state index contributed by atoms with van der Waals surface area (Å²) in [5.41, 5.74) is 7.70. The molecule has 0 aliphatic heterocycles. The highest BCUT2D eigenvalue weighted by molar-refractivity contribution is 9.10. The van der Waals surface area contributed by atoms with Gasteiger partial charge in [-0.2, -0.15) is 5.26 Å². The lowest BCUT2D eigenvalue weighted by molar-refractivity contribution is 0.629. The Kier molecular flexibility index (Phi) is 3.93. The van der Waals surface area contributed by atoms with Crippen LogP contribution in [0.25, 0.3) is 0 Å². The minimum atomic E-state index is -0.553. The molecular weight excluding hydrogens is 333 g/mol. The van der Waals surface area contributed by atoms with Crippen LogP contribution in [0.2, 0.25) is 5.02 Å². The van der Waals surface area contributed by atoms with Gasteiger partial charge in [0.25, 0.3) is 0 Å². The van der Waals surface area contributed by atoms with Crippen molar-refractivity contribution in [2.45, 2.75) is 0 Å². The third-order valence-corrected chi connectivity index (χ3v) is 3.41. The number of nitrogen functional groups attached to an aromatic ring is 1. The molecule has 0 bridgehead atoms. The summed E-state index contributed by atoms with van der Waals surface area (Å²) in [5, 5.41) is 11.7. The molecule has 96 valence electrons. The van der Waals surface area contributed by atoms with Gasteiger partial charge in [-0.05, 0) is 40.2 Å². The van der Waals surface area contributed by atoms with Gasteiger partial charge in [-0.25, -0.2) is 4.39 Å². The lowest BCUT2D eigenvalue weighted by Gasteiger charge is -2.12. The van der Waals surface area contributed by atoms with E-state index in [1.165, 1.54) is 12.1 Å². The van der Waals surface area contributed by atoms with Crippen molar-refractivity contribution in [1.29, 1.82) is 5.26 Å². The fourth-order valence-corrected chi connectivity index (χ4v) is 2.15. The van der Waals surface area contributed by atoms with E-state index in [2.05, 4.69) is 21.2 Å². The summed E-state index contributed by atoms with van der Waals surface area (Å²) in [6.07, 6.45) is 0. The topological polar surface area (TPSA) is 61.8 Å². The zero-order valence-electron chi connectivity index (χ0n) is 9.55. The molecule has 2 rings (SSSR count). The van der Waals surface area contributed by atoms with Crippen LogP contribution in [0, 0.1) is 17.1 Å². The molecule has 0 amide bonds. The molecule has 0 saturated carbocycles. The van der Waals surface area contributed by atoms with Crippen molar-refractivity contribution < 1.29 is 4.39 Å². The van der Waals surface area contributed by atoms with Crippen LogP contribution in [0.5, 0.6) is 0 Å². The molecule has 0 atom stereocenters. The second kappa shape index (κ2) is 5.47. The molecule has 0 saturated heterocycles. The average molecular weight is 341 g/mol. The summed E-state index contributed by atoms with van der Waals surface area (Å²) < 4.78 is 14.1. The molecule has 0 radical (unpaired) electrons. The van der Waals surface area contributed by atoms with Crippen LogP contribution in [0.1, 0.15) is 5.56 Å². The van der Waals surface area contributed by atoms with Crippen molar-refractivity contribution in [1.82, 2.24) is 0 Å². The third-order valence-electron chi connectivity index (χ3n) is 2.46. The minimum Gasteiger partial charge on any atom is -0.397 e. The monoisotopic (exact) mass is 339 g/mol. The highest BCUT2D eigenvalue weighted by Gasteiger charge is 2.08. The first-order valence-electron chi connectivity index (χ1n) is 5.22. The summed E-state index contributed by atoms with van der Waals surface area (Å²) >= 11 is 8.96. The Bertz CT molecular complexity index is 682. The van der Waals surface area contributed by atoms with Gasteiger partial charge in [0.15, 0.2) is 0 Å². The predicted octanol–water partition coefficient (Wildman–Crippen LogP) is 4.44. The number of nitrogens with one attached hydrogen (secondary N) is 1. The van der Waals surface area contributed by atoms with Crippen LogP contribution >= 0.6 is 27.5 Å². The molecule has 0 unspecified atom stereocenters. The summed E-state index contributed by atoms with van der Waals surface area (Å²) in [6.45, 7) is 0. The normalized spacial score (nSPS) is 10.0. The van der Waals surface area contributed by atoms with E-state index in [0.717, 1.165) is 0 Å². The van der Waals surface area contributed by atoms with Crippen molar-refractivity contribution in [3.63, 3.8) is 0 Å². The number of hydrogen-bond donors (Lipinski definition) is 2. The second-order valence-electron chi connectivity index (χ2n) is 3.78. The van der Waals surface area contributed by atoms with Crippen molar-refractivity contribution in [3.8, 4) is 6.07 Å². The number of halogens is 3. The number of benzene rings is 2. The van der Waals surface area contributed by atoms with Crippen molar-refractivity contribution in [3.05, 3.63) is 51.2 Å². The molecule has 0 heterocycles. The summed E-state index contributed by atoms with van der Waals surface area (Å²) in [7, 11) is 0. The van der Waals surface area contributed by atoms with Crippen LogP contribution in [0.4, 0.5) is 21.5 Å². The van der Waals surface area contributed by atoms with Gasteiger partial charge in [-0.1, -0.05) is 11.6 Å². The van der Waals surface area contributed by atoms with Gasteiger partial charge >= 0.3 is 0 Å². The van der Waals surface area contributed by atoms with Crippen LogP contribution in [0.15, 0.2) is 34.8 Å². The first-order valence-corrected chi connectivity index (χ1v) is 6.39. The number of nitrogens with two attached hydrogens (primary N) is 1. The fraction of sp³-hybridized carbons (Fsp3) is 0. The highest BCUT2D eigenvalue weighted by atomic mass is 79.9. The number of anilines is 3. The SMILES string of the molecule is N#Cc1ccc(Nc2cc(F)c(Cl)cc2N)c(Br)c1. The lowest BCUT2D eigenvalue weighted by atomic mass is 10.2. The van der Waals surface area contributed by atoms with Gasteiger partial charge in [-0.15, -0.1) is 0 Å². The predicted molar refractivity (Wildman–Crippen MR) is 78.0 cm³/mol. The molecule has 0 aliphatic carbocycles. The number of rotatable bonds is 2. The maximum atomic E-state index is 13.4. The average Bonchev–Trinajstić information content (AvgIpc) is 2.38. The number of nitrogens with zero attached hydrogens (tertiary/aromatic N) is 1. The van der Waals surface area contributed by atoms with Crippen LogP contribution < -0.4 is 11.1 Å².